The lowest BCUT2D eigenvalue weighted by molar-refractivity contribution is 0.108. The SMILES string of the molecule is OC(CCl)CN(CC(O)CCl)C1=CI=C=CC=C1. The summed E-state index contributed by atoms with van der Waals surface area (Å²) in [4.78, 5) is 1.91. The van der Waals surface area contributed by atoms with Crippen molar-refractivity contribution < 1.29 is 10.2 Å². The van der Waals surface area contributed by atoms with Crippen LogP contribution in [0.1, 0.15) is 0 Å². The van der Waals surface area contributed by atoms with E-state index in [2.05, 4.69) is 7.75 Å². The molecule has 2 atom stereocenters. The maximum atomic E-state index is 9.66. The molecule has 2 unspecified atom stereocenters. The molecule has 1 aliphatic heterocycles. The lowest BCUT2D eigenvalue weighted by Crippen LogP contribution is -2.38. The summed E-state index contributed by atoms with van der Waals surface area (Å²) >= 11 is 11.0. The molecule has 18 heavy (non-hydrogen) atoms. The van der Waals surface area contributed by atoms with Crippen LogP contribution in [0.2, 0.25) is 0 Å². The van der Waals surface area contributed by atoms with E-state index < -0.39 is 12.2 Å². The van der Waals surface area contributed by atoms with Gasteiger partial charge >= 0.3 is 0 Å². The average Bonchev–Trinajstić information content (AvgIpc) is 2.66. The van der Waals surface area contributed by atoms with Gasteiger partial charge in [-0.15, -0.1) is 23.2 Å². The Bertz CT molecular complexity index is 366. The second kappa shape index (κ2) is 9.13. The van der Waals surface area contributed by atoms with Crippen LogP contribution in [0.3, 0.4) is 0 Å². The molecule has 1 rings (SSSR count). The summed E-state index contributed by atoms with van der Waals surface area (Å²) in [6.07, 6.45) is 4.50. The lowest BCUT2D eigenvalue weighted by atomic mass is 10.2. The number of aliphatic hydroxyl groups excluding tert-OH is 2. The molecular weight excluding hydrogens is 388 g/mol. The predicted octanol–water partition coefficient (Wildman–Crippen LogP) is 1.83. The lowest BCUT2D eigenvalue weighted by Gasteiger charge is -2.29. The van der Waals surface area contributed by atoms with E-state index in [1.165, 1.54) is 0 Å². The van der Waals surface area contributed by atoms with Crippen LogP contribution in [0, 0.1) is 0 Å². The molecule has 6 heteroatoms. The van der Waals surface area contributed by atoms with Gasteiger partial charge < -0.3 is 15.1 Å². The molecule has 0 fully saturated rings. The molecule has 1 aliphatic rings. The van der Waals surface area contributed by atoms with Crippen LogP contribution in [0.25, 0.3) is 0 Å². The standard InChI is InChI=1S/C12H16Cl2INO2/c13-5-11(17)8-16(9-12(18)6-14)10-3-1-2-4-15-7-10/h1-3,7,11-12,17-18H,5-6,8-9H2. The molecular formula is C12H16Cl2INO2. The highest BCUT2D eigenvalue weighted by Gasteiger charge is 2.16. The van der Waals surface area contributed by atoms with Crippen LogP contribution in [-0.2, 0) is 0 Å². The smallest absolute Gasteiger partial charge is 0.0850 e. The van der Waals surface area contributed by atoms with Crippen molar-refractivity contribution in [2.75, 3.05) is 24.8 Å². The van der Waals surface area contributed by atoms with Gasteiger partial charge in [0, 0.05) is 22.9 Å². The van der Waals surface area contributed by atoms with E-state index in [-0.39, 0.29) is 32.5 Å². The van der Waals surface area contributed by atoms with E-state index in [0.717, 1.165) is 5.70 Å². The van der Waals surface area contributed by atoms with Crippen molar-refractivity contribution in [2.24, 2.45) is 0 Å². The number of halogens is 3. The molecule has 2 N–H and O–H groups in total. The van der Waals surface area contributed by atoms with Crippen LogP contribution >= 0.6 is 43.9 Å². The Morgan fingerprint density at radius 2 is 1.83 bits per heavy atom. The third-order valence-corrected chi connectivity index (χ3v) is 4.62. The quantitative estimate of drug-likeness (QED) is 0.503. The fourth-order valence-corrected chi connectivity index (χ4v) is 3.12. The summed E-state index contributed by atoms with van der Waals surface area (Å²) < 4.78 is 5.28. The van der Waals surface area contributed by atoms with Gasteiger partial charge in [0.2, 0.25) is 0 Å². The van der Waals surface area contributed by atoms with Crippen molar-refractivity contribution >= 4 is 47.6 Å². The highest BCUT2D eigenvalue weighted by Crippen LogP contribution is 2.15. The van der Waals surface area contributed by atoms with Gasteiger partial charge in [-0.25, -0.2) is 0 Å². The zero-order valence-electron chi connectivity index (χ0n) is 9.77. The first-order valence-corrected chi connectivity index (χ1v) is 8.87. The first-order valence-electron chi connectivity index (χ1n) is 5.48. The Morgan fingerprint density at radius 3 is 2.39 bits per heavy atom. The van der Waals surface area contributed by atoms with E-state index in [9.17, 15) is 10.2 Å². The number of nitrogens with zero attached hydrogens (tertiary/aromatic N) is 1. The van der Waals surface area contributed by atoms with Crippen LogP contribution in [0.5, 0.6) is 0 Å². The number of allylic oxidation sites excluding steroid dienone is 3. The summed E-state index contributed by atoms with van der Waals surface area (Å²) in [5.41, 5.74) is 0.984. The summed E-state index contributed by atoms with van der Waals surface area (Å²) in [6, 6.07) is 0. The number of alkyl halides is 2. The van der Waals surface area contributed by atoms with Gasteiger partial charge in [-0.1, -0.05) is 9.74 Å². The molecule has 0 aliphatic carbocycles. The normalized spacial score (nSPS) is 17.7. The van der Waals surface area contributed by atoms with Gasteiger partial charge in [-0.05, 0) is 32.9 Å². The third-order valence-electron chi connectivity index (χ3n) is 2.24. The molecule has 0 aromatic carbocycles. The van der Waals surface area contributed by atoms with Gasteiger partial charge in [0.25, 0.3) is 0 Å². The molecule has 0 amide bonds. The first-order chi connectivity index (χ1) is 8.67. The molecule has 0 bridgehead atoms. The fourth-order valence-electron chi connectivity index (χ4n) is 1.41. The number of rotatable bonds is 7. The van der Waals surface area contributed by atoms with E-state index in [0.29, 0.717) is 13.1 Å². The Labute approximate surface area is 127 Å². The summed E-state index contributed by atoms with van der Waals surface area (Å²) in [7, 11) is 0. The fraction of sp³-hybridized carbons (Fsp3) is 0.500. The Balaban J connectivity index is 2.76. The maximum absolute atomic E-state index is 9.66. The molecule has 0 saturated carbocycles. The number of hydrogen-bond acceptors (Lipinski definition) is 3. The molecule has 1 heterocycles. The number of hydrogen-bond donors (Lipinski definition) is 2. The van der Waals surface area contributed by atoms with Gasteiger partial charge in [0.15, 0.2) is 0 Å². The second-order valence-electron chi connectivity index (χ2n) is 3.80. The van der Waals surface area contributed by atoms with E-state index in [4.69, 9.17) is 23.2 Å². The average molecular weight is 404 g/mol. The van der Waals surface area contributed by atoms with Crippen LogP contribution in [0.15, 0.2) is 28.0 Å². The van der Waals surface area contributed by atoms with Gasteiger partial charge in [-0.3, -0.25) is 0 Å². The molecule has 0 aromatic heterocycles. The van der Waals surface area contributed by atoms with E-state index in [1.54, 1.807) is 0 Å². The topological polar surface area (TPSA) is 43.7 Å². The summed E-state index contributed by atoms with van der Waals surface area (Å²) in [5, 5.41) is 19.3. The summed E-state index contributed by atoms with van der Waals surface area (Å²) in [5.74, 6) is 0.341. The minimum atomic E-state index is -0.623. The second-order valence-corrected chi connectivity index (χ2v) is 6.28. The van der Waals surface area contributed by atoms with E-state index in [1.807, 2.05) is 23.1 Å². The van der Waals surface area contributed by atoms with Gasteiger partial charge in [-0.2, -0.15) is 0 Å². The highest BCUT2D eigenvalue weighted by atomic mass is 127. The van der Waals surface area contributed by atoms with Gasteiger partial charge in [0.1, 0.15) is 0 Å². The van der Waals surface area contributed by atoms with Crippen molar-refractivity contribution in [2.45, 2.75) is 12.2 Å². The molecule has 3 nitrogen and oxygen atoms in total. The predicted molar refractivity (Wildman–Crippen MR) is 85.8 cm³/mol. The summed E-state index contributed by atoms with van der Waals surface area (Å²) in [6.45, 7) is 0.773. The van der Waals surface area contributed by atoms with Crippen molar-refractivity contribution in [3.05, 3.63) is 28.0 Å². The van der Waals surface area contributed by atoms with Crippen molar-refractivity contribution in [1.29, 1.82) is 0 Å². The van der Waals surface area contributed by atoms with E-state index >= 15 is 0 Å². The first kappa shape index (κ1) is 16.2. The molecule has 0 spiro atoms. The highest BCUT2D eigenvalue weighted by molar-refractivity contribution is 14.2. The number of aliphatic hydroxyl groups is 2. The van der Waals surface area contributed by atoms with Crippen molar-refractivity contribution in [1.82, 2.24) is 4.90 Å². The Kier molecular flexibility index (Phi) is 8.22. The van der Waals surface area contributed by atoms with Crippen LogP contribution in [0.4, 0.5) is 0 Å². The molecule has 0 aromatic rings. The molecule has 102 valence electrons. The van der Waals surface area contributed by atoms with Crippen LogP contribution < -0.4 is 0 Å². The van der Waals surface area contributed by atoms with Gasteiger partial charge in [0.05, 0.1) is 24.0 Å². The minimum absolute atomic E-state index is 0.171. The maximum Gasteiger partial charge on any atom is 0.0850 e. The monoisotopic (exact) mass is 403 g/mol. The van der Waals surface area contributed by atoms with Crippen molar-refractivity contribution in [3.8, 4) is 0 Å². The Morgan fingerprint density at radius 1 is 1.22 bits per heavy atom. The zero-order valence-corrected chi connectivity index (χ0v) is 13.4. The van der Waals surface area contributed by atoms with Crippen molar-refractivity contribution in [3.63, 3.8) is 0 Å². The largest absolute Gasteiger partial charge is 0.390 e. The third kappa shape index (κ3) is 5.87. The minimum Gasteiger partial charge on any atom is -0.390 e. The molecule has 0 radical (unpaired) electrons. The van der Waals surface area contributed by atoms with Crippen LogP contribution in [-0.4, -0.2) is 55.8 Å². The Hall–Kier alpha value is 0.160. The molecule has 0 saturated heterocycles. The zero-order chi connectivity index (χ0) is 13.4.